The van der Waals surface area contributed by atoms with E-state index >= 15 is 0 Å². The normalized spacial score (nSPS) is 22.9. The highest BCUT2D eigenvalue weighted by Gasteiger charge is 2.50. The van der Waals surface area contributed by atoms with Crippen molar-refractivity contribution in [3.05, 3.63) is 70.8 Å². The Morgan fingerprint density at radius 3 is 1.61 bits per heavy atom. The molecule has 0 nitrogen and oxygen atoms in total. The van der Waals surface area contributed by atoms with Crippen LogP contribution in [0, 0.1) is 0 Å². The van der Waals surface area contributed by atoms with Crippen LogP contribution in [0.3, 0.4) is 0 Å². The van der Waals surface area contributed by atoms with E-state index in [0.717, 1.165) is 0 Å². The molecular weight excluding hydrogens is 216 g/mol. The zero-order valence-corrected chi connectivity index (χ0v) is 10.8. The third-order valence-electron chi connectivity index (χ3n) is 4.35. The maximum absolute atomic E-state index is 2.30. The van der Waals surface area contributed by atoms with Gasteiger partial charge in [0.2, 0.25) is 0 Å². The summed E-state index contributed by atoms with van der Waals surface area (Å²) in [4.78, 5) is 0. The van der Waals surface area contributed by atoms with Gasteiger partial charge in [0.15, 0.2) is 0 Å². The third-order valence-corrected chi connectivity index (χ3v) is 4.35. The lowest BCUT2D eigenvalue weighted by atomic mass is 9.86. The maximum atomic E-state index is 2.30. The fourth-order valence-electron chi connectivity index (χ4n) is 3.61. The first-order chi connectivity index (χ1) is 8.79. The molecule has 2 aromatic carbocycles. The summed E-state index contributed by atoms with van der Waals surface area (Å²) < 4.78 is 0. The molecule has 2 atom stereocenters. The molecule has 0 N–H and O–H groups in total. The number of rotatable bonds is 0. The van der Waals surface area contributed by atoms with Crippen molar-refractivity contribution < 1.29 is 0 Å². The minimum absolute atomic E-state index is 0.654. The lowest BCUT2D eigenvalue weighted by Crippen LogP contribution is -1.98. The van der Waals surface area contributed by atoms with Crippen molar-refractivity contribution in [2.75, 3.05) is 0 Å². The molecule has 0 saturated heterocycles. The summed E-state index contributed by atoms with van der Waals surface area (Å²) >= 11 is 0. The smallest absolute Gasteiger partial charge is 0.0170 e. The summed E-state index contributed by atoms with van der Waals surface area (Å²) in [7, 11) is 0. The van der Waals surface area contributed by atoms with Crippen LogP contribution in [0.25, 0.3) is 11.1 Å². The summed E-state index contributed by atoms with van der Waals surface area (Å²) in [6.45, 7) is 4.50. The predicted molar refractivity (Wildman–Crippen MR) is 75.7 cm³/mol. The second-order valence-electron chi connectivity index (χ2n) is 5.59. The minimum atomic E-state index is 0.654. The minimum Gasteiger partial charge on any atom is -0.0759 e. The zero-order chi connectivity index (χ0) is 12.3. The van der Waals surface area contributed by atoms with E-state index in [1.54, 1.807) is 5.57 Å². The molecule has 2 aromatic rings. The van der Waals surface area contributed by atoms with Crippen LogP contribution in [0.2, 0.25) is 0 Å². The number of fused-ring (bicyclic) bond motifs is 6. The van der Waals surface area contributed by atoms with Crippen molar-refractivity contribution in [3.63, 3.8) is 0 Å². The van der Waals surface area contributed by atoms with Gasteiger partial charge in [-0.2, -0.15) is 0 Å². The first-order valence-electron chi connectivity index (χ1n) is 6.64. The Balaban J connectivity index is 2.06. The highest BCUT2D eigenvalue weighted by atomic mass is 14.5. The summed E-state index contributed by atoms with van der Waals surface area (Å²) in [6, 6.07) is 17.8. The molecule has 0 radical (unpaired) electrons. The Morgan fingerprint density at radius 1 is 0.722 bits per heavy atom. The van der Waals surface area contributed by atoms with E-state index in [0.29, 0.717) is 11.8 Å². The van der Waals surface area contributed by atoms with Crippen LogP contribution in [0.4, 0.5) is 0 Å². The van der Waals surface area contributed by atoms with Crippen LogP contribution in [-0.4, -0.2) is 0 Å². The first-order valence-corrected chi connectivity index (χ1v) is 6.64. The van der Waals surface area contributed by atoms with Crippen LogP contribution in [-0.2, 0) is 0 Å². The second kappa shape index (κ2) is 3.35. The van der Waals surface area contributed by atoms with Crippen molar-refractivity contribution in [3.8, 4) is 11.1 Å². The molecule has 2 aliphatic rings. The van der Waals surface area contributed by atoms with Crippen molar-refractivity contribution in [2.45, 2.75) is 25.7 Å². The van der Waals surface area contributed by atoms with Gasteiger partial charge in [-0.25, -0.2) is 0 Å². The van der Waals surface area contributed by atoms with Crippen molar-refractivity contribution in [1.82, 2.24) is 0 Å². The molecule has 0 heteroatoms. The lowest BCUT2D eigenvalue weighted by molar-refractivity contribution is 1.01. The lowest BCUT2D eigenvalue weighted by Gasteiger charge is -2.18. The summed E-state index contributed by atoms with van der Waals surface area (Å²) in [5.41, 5.74) is 9.06. The molecule has 4 rings (SSSR count). The molecule has 0 amide bonds. The van der Waals surface area contributed by atoms with E-state index in [9.17, 15) is 0 Å². The second-order valence-corrected chi connectivity index (χ2v) is 5.59. The average molecular weight is 232 g/mol. The van der Waals surface area contributed by atoms with E-state index in [4.69, 9.17) is 0 Å². The molecule has 0 spiro atoms. The van der Waals surface area contributed by atoms with Crippen LogP contribution in [0.1, 0.15) is 36.8 Å². The monoisotopic (exact) mass is 232 g/mol. The van der Waals surface area contributed by atoms with Gasteiger partial charge in [-0.05, 0) is 36.1 Å². The molecular formula is C18H16. The molecule has 0 aromatic heterocycles. The first kappa shape index (κ1) is 10.1. The van der Waals surface area contributed by atoms with Crippen LogP contribution < -0.4 is 0 Å². The van der Waals surface area contributed by atoms with Gasteiger partial charge in [0.05, 0.1) is 0 Å². The van der Waals surface area contributed by atoms with Crippen LogP contribution in [0.5, 0.6) is 0 Å². The molecule has 88 valence electrons. The Hall–Kier alpha value is -1.82. The van der Waals surface area contributed by atoms with E-state index in [2.05, 4.69) is 62.4 Å². The predicted octanol–water partition coefficient (Wildman–Crippen LogP) is 4.88. The average Bonchev–Trinajstić information content (AvgIpc) is 3.15. The van der Waals surface area contributed by atoms with Gasteiger partial charge in [-0.3, -0.25) is 0 Å². The number of allylic oxidation sites excluding steroid dienone is 2. The summed E-state index contributed by atoms with van der Waals surface area (Å²) in [6.07, 6.45) is 0. The van der Waals surface area contributed by atoms with Gasteiger partial charge in [0.1, 0.15) is 0 Å². The number of benzene rings is 2. The van der Waals surface area contributed by atoms with Crippen molar-refractivity contribution in [2.24, 2.45) is 0 Å². The fourth-order valence-corrected chi connectivity index (χ4v) is 3.61. The third kappa shape index (κ3) is 1.16. The molecule has 2 aliphatic carbocycles. The van der Waals surface area contributed by atoms with E-state index in [1.807, 2.05) is 0 Å². The van der Waals surface area contributed by atoms with Gasteiger partial charge in [0, 0.05) is 11.8 Å². The van der Waals surface area contributed by atoms with E-state index in [-0.39, 0.29) is 0 Å². The molecule has 1 saturated carbocycles. The van der Waals surface area contributed by atoms with Crippen molar-refractivity contribution >= 4 is 0 Å². The van der Waals surface area contributed by atoms with E-state index in [1.165, 1.54) is 27.8 Å². The highest BCUT2D eigenvalue weighted by molar-refractivity contribution is 5.81. The molecule has 1 fully saturated rings. The Kier molecular flexibility index (Phi) is 1.89. The maximum Gasteiger partial charge on any atom is 0.0170 e. The van der Waals surface area contributed by atoms with Gasteiger partial charge >= 0.3 is 0 Å². The molecule has 0 aliphatic heterocycles. The zero-order valence-electron chi connectivity index (χ0n) is 10.8. The Labute approximate surface area is 108 Å². The number of hydrogen-bond acceptors (Lipinski definition) is 0. The number of hydrogen-bond donors (Lipinski definition) is 0. The van der Waals surface area contributed by atoms with E-state index < -0.39 is 0 Å². The Bertz CT molecular complexity index is 618. The van der Waals surface area contributed by atoms with Gasteiger partial charge in [-0.15, -0.1) is 0 Å². The van der Waals surface area contributed by atoms with Crippen LogP contribution in [0.15, 0.2) is 59.7 Å². The SMILES string of the molecule is CC(C)=C1C2c3ccccc3-c3ccccc3C12. The molecule has 0 heterocycles. The van der Waals surface area contributed by atoms with Gasteiger partial charge < -0.3 is 0 Å². The summed E-state index contributed by atoms with van der Waals surface area (Å²) in [5.74, 6) is 1.31. The topological polar surface area (TPSA) is 0 Å². The summed E-state index contributed by atoms with van der Waals surface area (Å²) in [5, 5.41) is 0. The van der Waals surface area contributed by atoms with Gasteiger partial charge in [-0.1, -0.05) is 59.7 Å². The van der Waals surface area contributed by atoms with Gasteiger partial charge in [0.25, 0.3) is 0 Å². The molecule has 2 unspecified atom stereocenters. The van der Waals surface area contributed by atoms with Crippen LogP contribution >= 0.6 is 0 Å². The quantitative estimate of drug-likeness (QED) is 0.568. The highest BCUT2D eigenvalue weighted by Crippen LogP contribution is 2.66. The fraction of sp³-hybridized carbons (Fsp3) is 0.222. The Morgan fingerprint density at radius 2 is 1.17 bits per heavy atom. The van der Waals surface area contributed by atoms with Crippen molar-refractivity contribution in [1.29, 1.82) is 0 Å². The molecule has 0 bridgehead atoms. The standard InChI is InChI=1S/C18H16/c1-11(2)16-17-14-9-5-3-7-12(14)13-8-4-6-10-15(13)18(16)17/h3-10,17-18H,1-2H3. The molecule has 18 heavy (non-hydrogen) atoms. The largest absolute Gasteiger partial charge is 0.0759 e.